The van der Waals surface area contributed by atoms with E-state index in [2.05, 4.69) is 15.9 Å². The predicted molar refractivity (Wildman–Crippen MR) is 78.4 cm³/mol. The highest BCUT2D eigenvalue weighted by Gasteiger charge is 2.40. The third-order valence-corrected chi connectivity index (χ3v) is 4.16. The summed E-state index contributed by atoms with van der Waals surface area (Å²) >= 11 is 3.31. The van der Waals surface area contributed by atoms with Gasteiger partial charge in [0.25, 0.3) is 5.91 Å². The van der Waals surface area contributed by atoms with Crippen LogP contribution in [0.1, 0.15) is 23.2 Å². The minimum Gasteiger partial charge on any atom is -0.496 e. The highest BCUT2D eigenvalue weighted by atomic mass is 79.9. The van der Waals surface area contributed by atoms with Crippen molar-refractivity contribution >= 4 is 27.8 Å². The number of aliphatic hydroxyl groups is 1. The number of carboxylic acids is 1. The number of likely N-dealkylation sites (tertiary alicyclic amines) is 1. The van der Waals surface area contributed by atoms with Gasteiger partial charge in [0.2, 0.25) is 0 Å². The molecule has 2 rings (SSSR count). The van der Waals surface area contributed by atoms with E-state index in [-0.39, 0.29) is 31.8 Å². The van der Waals surface area contributed by atoms with E-state index in [1.807, 2.05) is 0 Å². The number of nitrogens with zero attached hydrogens (tertiary/aromatic N) is 1. The molecule has 21 heavy (non-hydrogen) atoms. The van der Waals surface area contributed by atoms with Gasteiger partial charge in [-0.2, -0.15) is 0 Å². The molecule has 0 atom stereocenters. The smallest absolute Gasteiger partial charge is 0.335 e. The highest BCUT2D eigenvalue weighted by molar-refractivity contribution is 9.10. The van der Waals surface area contributed by atoms with Crippen molar-refractivity contribution in [1.82, 2.24) is 4.90 Å². The monoisotopic (exact) mass is 357 g/mol. The zero-order valence-electron chi connectivity index (χ0n) is 11.5. The lowest BCUT2D eigenvalue weighted by atomic mass is 9.91. The van der Waals surface area contributed by atoms with Crippen LogP contribution in [0.25, 0.3) is 0 Å². The summed E-state index contributed by atoms with van der Waals surface area (Å²) in [4.78, 5) is 25.0. The van der Waals surface area contributed by atoms with Crippen molar-refractivity contribution in [3.63, 3.8) is 0 Å². The predicted octanol–water partition coefficient (Wildman–Crippen LogP) is 1.51. The second kappa shape index (κ2) is 6.03. The third-order valence-electron chi connectivity index (χ3n) is 3.67. The number of carbonyl (C=O) groups excluding carboxylic acids is 1. The van der Waals surface area contributed by atoms with Gasteiger partial charge in [-0.3, -0.25) is 4.79 Å². The van der Waals surface area contributed by atoms with Crippen LogP contribution in [0.5, 0.6) is 5.75 Å². The van der Waals surface area contributed by atoms with Crippen molar-refractivity contribution in [3.8, 4) is 5.75 Å². The fourth-order valence-corrected chi connectivity index (χ4v) is 2.65. The molecular weight excluding hydrogens is 342 g/mol. The molecule has 0 aliphatic carbocycles. The number of benzene rings is 1. The molecule has 1 amide bonds. The lowest BCUT2D eigenvalue weighted by molar-refractivity contribution is -0.162. The number of methoxy groups -OCH3 is 1. The number of piperidine rings is 1. The molecule has 1 heterocycles. The Bertz CT molecular complexity index is 566. The Morgan fingerprint density at radius 2 is 1.95 bits per heavy atom. The van der Waals surface area contributed by atoms with Crippen LogP contribution in [0, 0.1) is 0 Å². The average molecular weight is 358 g/mol. The Morgan fingerprint density at radius 3 is 2.48 bits per heavy atom. The molecule has 2 N–H and O–H groups in total. The molecule has 1 fully saturated rings. The molecule has 0 radical (unpaired) electrons. The van der Waals surface area contributed by atoms with Crippen LogP contribution < -0.4 is 4.74 Å². The molecule has 0 bridgehead atoms. The molecule has 1 aliphatic heterocycles. The van der Waals surface area contributed by atoms with Gasteiger partial charge in [-0.1, -0.05) is 15.9 Å². The molecule has 0 aromatic heterocycles. The first-order chi connectivity index (χ1) is 9.87. The zero-order chi connectivity index (χ0) is 15.6. The topological polar surface area (TPSA) is 87.1 Å². The van der Waals surface area contributed by atoms with Crippen molar-refractivity contribution in [1.29, 1.82) is 0 Å². The van der Waals surface area contributed by atoms with E-state index in [1.54, 1.807) is 18.2 Å². The molecule has 1 aromatic rings. The van der Waals surface area contributed by atoms with E-state index in [4.69, 9.17) is 9.84 Å². The zero-order valence-corrected chi connectivity index (χ0v) is 13.1. The molecule has 1 saturated heterocycles. The van der Waals surface area contributed by atoms with Crippen LogP contribution in [0.15, 0.2) is 22.7 Å². The second-order valence-corrected chi connectivity index (χ2v) is 5.89. The van der Waals surface area contributed by atoms with E-state index in [1.165, 1.54) is 12.0 Å². The van der Waals surface area contributed by atoms with Gasteiger partial charge in [-0.15, -0.1) is 0 Å². The van der Waals surface area contributed by atoms with Crippen LogP contribution in [0.4, 0.5) is 0 Å². The average Bonchev–Trinajstić information content (AvgIpc) is 2.47. The summed E-state index contributed by atoms with van der Waals surface area (Å²) in [5, 5.41) is 18.9. The summed E-state index contributed by atoms with van der Waals surface area (Å²) in [6.45, 7) is 0.391. The third kappa shape index (κ3) is 3.19. The van der Waals surface area contributed by atoms with Crippen molar-refractivity contribution in [2.45, 2.75) is 18.4 Å². The molecule has 7 heteroatoms. The second-order valence-electron chi connectivity index (χ2n) is 4.97. The quantitative estimate of drug-likeness (QED) is 0.855. The Morgan fingerprint density at radius 1 is 1.33 bits per heavy atom. The largest absolute Gasteiger partial charge is 0.496 e. The molecular formula is C14H16BrNO5. The van der Waals surface area contributed by atoms with E-state index in [9.17, 15) is 14.7 Å². The van der Waals surface area contributed by atoms with Gasteiger partial charge >= 0.3 is 5.97 Å². The first kappa shape index (κ1) is 15.8. The van der Waals surface area contributed by atoms with Gasteiger partial charge in [0.05, 0.1) is 12.7 Å². The fraction of sp³-hybridized carbons (Fsp3) is 0.429. The SMILES string of the molecule is COc1cc(Br)ccc1C(=O)N1CCC(O)(C(=O)O)CC1. The highest BCUT2D eigenvalue weighted by Crippen LogP contribution is 2.28. The molecule has 114 valence electrons. The van der Waals surface area contributed by atoms with Crippen LogP contribution in [-0.2, 0) is 4.79 Å². The maximum atomic E-state index is 12.5. The number of halogens is 1. The Balaban J connectivity index is 2.14. The van der Waals surface area contributed by atoms with Gasteiger partial charge in [-0.25, -0.2) is 4.79 Å². The lowest BCUT2D eigenvalue weighted by Gasteiger charge is -2.35. The number of hydrogen-bond acceptors (Lipinski definition) is 4. The lowest BCUT2D eigenvalue weighted by Crippen LogP contribution is -2.50. The number of carboxylic acid groups (broad SMARTS) is 1. The van der Waals surface area contributed by atoms with E-state index in [0.717, 1.165) is 4.47 Å². The van der Waals surface area contributed by atoms with Gasteiger partial charge < -0.3 is 19.8 Å². The van der Waals surface area contributed by atoms with Gasteiger partial charge in [0.1, 0.15) is 5.75 Å². The number of amides is 1. The summed E-state index contributed by atoms with van der Waals surface area (Å²) in [5.41, 5.74) is -1.32. The number of carbonyl (C=O) groups is 2. The molecule has 6 nitrogen and oxygen atoms in total. The number of ether oxygens (including phenoxy) is 1. The minimum atomic E-state index is -1.74. The van der Waals surface area contributed by atoms with Crippen LogP contribution in [-0.4, -0.2) is 52.8 Å². The first-order valence-corrected chi connectivity index (χ1v) is 7.25. The maximum Gasteiger partial charge on any atom is 0.335 e. The summed E-state index contributed by atoms with van der Waals surface area (Å²) in [5.74, 6) is -1.02. The van der Waals surface area contributed by atoms with Crippen molar-refractivity contribution in [2.75, 3.05) is 20.2 Å². The summed E-state index contributed by atoms with van der Waals surface area (Å²) in [6.07, 6.45) is 0.0415. The summed E-state index contributed by atoms with van der Waals surface area (Å²) in [7, 11) is 1.48. The number of hydrogen-bond donors (Lipinski definition) is 2. The Kier molecular flexibility index (Phi) is 4.53. The standard InChI is InChI=1S/C14H16BrNO5/c1-21-11-8-9(15)2-3-10(11)12(17)16-6-4-14(20,5-7-16)13(18)19/h2-3,8,20H,4-7H2,1H3,(H,18,19). The van der Waals surface area contributed by atoms with E-state index >= 15 is 0 Å². The number of rotatable bonds is 3. The van der Waals surface area contributed by atoms with Crippen LogP contribution in [0.2, 0.25) is 0 Å². The fourth-order valence-electron chi connectivity index (χ4n) is 2.31. The van der Waals surface area contributed by atoms with Crippen LogP contribution >= 0.6 is 15.9 Å². The van der Waals surface area contributed by atoms with Crippen molar-refractivity contribution in [2.24, 2.45) is 0 Å². The minimum absolute atomic E-state index is 0.0208. The molecule has 0 unspecified atom stereocenters. The van der Waals surface area contributed by atoms with E-state index < -0.39 is 11.6 Å². The molecule has 1 aromatic carbocycles. The van der Waals surface area contributed by atoms with Crippen molar-refractivity contribution in [3.05, 3.63) is 28.2 Å². The molecule has 0 spiro atoms. The van der Waals surface area contributed by atoms with Crippen molar-refractivity contribution < 1.29 is 24.5 Å². The van der Waals surface area contributed by atoms with Crippen LogP contribution in [0.3, 0.4) is 0 Å². The Labute approximate surface area is 130 Å². The van der Waals surface area contributed by atoms with Gasteiger partial charge in [0, 0.05) is 30.4 Å². The summed E-state index contributed by atoms with van der Waals surface area (Å²) < 4.78 is 6.00. The summed E-state index contributed by atoms with van der Waals surface area (Å²) in [6, 6.07) is 5.10. The first-order valence-electron chi connectivity index (χ1n) is 6.46. The van der Waals surface area contributed by atoms with Gasteiger partial charge in [0.15, 0.2) is 5.60 Å². The normalized spacial score (nSPS) is 17.4. The molecule has 1 aliphatic rings. The Hall–Kier alpha value is -1.60. The van der Waals surface area contributed by atoms with Gasteiger partial charge in [-0.05, 0) is 18.2 Å². The molecule has 0 saturated carbocycles. The number of aliphatic carboxylic acids is 1. The maximum absolute atomic E-state index is 12.5. The van der Waals surface area contributed by atoms with E-state index in [0.29, 0.717) is 11.3 Å².